The third kappa shape index (κ3) is 6.09. The number of nitrogens with one attached hydrogen (secondary N) is 2. The molecule has 1 rings (SSSR count). The molecule has 1 heterocycles. The maximum atomic E-state index is 4.20. The van der Waals surface area contributed by atoms with Gasteiger partial charge in [-0.3, -0.25) is 0 Å². The largest absolute Gasteiger partial charge is 0.370 e. The predicted molar refractivity (Wildman–Crippen MR) is 73.4 cm³/mol. The second kappa shape index (κ2) is 7.87. The predicted octanol–water partition coefficient (Wildman–Crippen LogP) is 3.15. The molecule has 0 aliphatic carbocycles. The molecule has 4 heteroatoms. The maximum absolute atomic E-state index is 4.20. The highest BCUT2D eigenvalue weighted by atomic mass is 15.1. The third-order valence-electron chi connectivity index (χ3n) is 2.49. The van der Waals surface area contributed by atoms with Crippen LogP contribution in [0.15, 0.2) is 12.4 Å². The Hall–Kier alpha value is -1.32. The van der Waals surface area contributed by atoms with E-state index < -0.39 is 0 Å². The zero-order chi connectivity index (χ0) is 12.5. The minimum Gasteiger partial charge on any atom is -0.370 e. The number of rotatable bonds is 8. The van der Waals surface area contributed by atoms with Gasteiger partial charge >= 0.3 is 0 Å². The van der Waals surface area contributed by atoms with Gasteiger partial charge in [0.1, 0.15) is 18.0 Å². The van der Waals surface area contributed by atoms with Crippen LogP contribution in [0.2, 0.25) is 0 Å². The Balaban J connectivity index is 2.32. The minimum absolute atomic E-state index is 0.768. The van der Waals surface area contributed by atoms with Gasteiger partial charge in [0.15, 0.2) is 0 Å². The van der Waals surface area contributed by atoms with Crippen LogP contribution in [0.3, 0.4) is 0 Å². The van der Waals surface area contributed by atoms with Gasteiger partial charge in [-0.1, -0.05) is 20.8 Å². The van der Waals surface area contributed by atoms with Gasteiger partial charge in [0, 0.05) is 19.2 Å². The van der Waals surface area contributed by atoms with Gasteiger partial charge in [-0.05, 0) is 25.2 Å². The topological polar surface area (TPSA) is 49.8 Å². The van der Waals surface area contributed by atoms with Crippen LogP contribution in [0.25, 0.3) is 0 Å². The Labute approximate surface area is 104 Å². The van der Waals surface area contributed by atoms with Crippen molar-refractivity contribution in [3.05, 3.63) is 12.4 Å². The van der Waals surface area contributed by atoms with Crippen molar-refractivity contribution < 1.29 is 0 Å². The number of aromatic nitrogens is 2. The lowest BCUT2D eigenvalue weighted by molar-refractivity contribution is 0.566. The van der Waals surface area contributed by atoms with Gasteiger partial charge in [0.2, 0.25) is 0 Å². The molecule has 0 amide bonds. The molecule has 0 saturated heterocycles. The molecule has 2 N–H and O–H groups in total. The number of hydrogen-bond donors (Lipinski definition) is 2. The number of anilines is 2. The first-order valence-electron chi connectivity index (χ1n) is 6.52. The summed E-state index contributed by atoms with van der Waals surface area (Å²) in [5, 5.41) is 6.58. The second-order valence-electron chi connectivity index (χ2n) is 4.68. The van der Waals surface area contributed by atoms with Crippen LogP contribution in [-0.4, -0.2) is 23.1 Å². The molecule has 0 aliphatic heterocycles. The van der Waals surface area contributed by atoms with E-state index in [0.717, 1.165) is 37.1 Å². The normalized spacial score (nSPS) is 10.6. The van der Waals surface area contributed by atoms with E-state index in [-0.39, 0.29) is 0 Å². The molecule has 1 aromatic rings. The lowest BCUT2D eigenvalue weighted by Crippen LogP contribution is -2.07. The first-order chi connectivity index (χ1) is 8.22. The average molecular weight is 236 g/mol. The fraction of sp³-hybridized carbons (Fsp3) is 0.692. The van der Waals surface area contributed by atoms with Crippen molar-refractivity contribution in [3.8, 4) is 0 Å². The van der Waals surface area contributed by atoms with Crippen molar-refractivity contribution in [2.75, 3.05) is 23.7 Å². The third-order valence-corrected chi connectivity index (χ3v) is 2.49. The SMILES string of the molecule is CCCNc1cc(NCCCC(C)C)ncn1. The van der Waals surface area contributed by atoms with Gasteiger partial charge in [-0.2, -0.15) is 0 Å². The summed E-state index contributed by atoms with van der Waals surface area (Å²) in [6, 6.07) is 1.96. The second-order valence-corrected chi connectivity index (χ2v) is 4.68. The van der Waals surface area contributed by atoms with Gasteiger partial charge in [-0.15, -0.1) is 0 Å². The lowest BCUT2D eigenvalue weighted by Gasteiger charge is -2.08. The van der Waals surface area contributed by atoms with E-state index in [4.69, 9.17) is 0 Å². The Morgan fingerprint density at radius 3 is 2.35 bits per heavy atom. The molecule has 0 unspecified atom stereocenters. The van der Waals surface area contributed by atoms with E-state index in [0.29, 0.717) is 0 Å². The minimum atomic E-state index is 0.768. The first kappa shape index (κ1) is 13.7. The smallest absolute Gasteiger partial charge is 0.131 e. The van der Waals surface area contributed by atoms with Crippen LogP contribution in [0.5, 0.6) is 0 Å². The first-order valence-corrected chi connectivity index (χ1v) is 6.52. The van der Waals surface area contributed by atoms with Crippen molar-refractivity contribution in [2.45, 2.75) is 40.0 Å². The summed E-state index contributed by atoms with van der Waals surface area (Å²) in [4.78, 5) is 8.37. The highest BCUT2D eigenvalue weighted by Gasteiger charge is 1.98. The molecule has 17 heavy (non-hydrogen) atoms. The quantitative estimate of drug-likeness (QED) is 0.681. The summed E-state index contributed by atoms with van der Waals surface area (Å²) in [6.07, 6.45) is 5.13. The Morgan fingerprint density at radius 2 is 1.76 bits per heavy atom. The number of hydrogen-bond acceptors (Lipinski definition) is 4. The van der Waals surface area contributed by atoms with Crippen molar-refractivity contribution in [2.24, 2.45) is 5.92 Å². The zero-order valence-electron chi connectivity index (χ0n) is 11.2. The molecule has 0 radical (unpaired) electrons. The van der Waals surface area contributed by atoms with Crippen LogP contribution >= 0.6 is 0 Å². The fourth-order valence-electron chi connectivity index (χ4n) is 1.53. The van der Waals surface area contributed by atoms with Gasteiger partial charge < -0.3 is 10.6 Å². The summed E-state index contributed by atoms with van der Waals surface area (Å²) in [5.74, 6) is 2.57. The van der Waals surface area contributed by atoms with Crippen LogP contribution < -0.4 is 10.6 Å². The van der Waals surface area contributed by atoms with Crippen molar-refractivity contribution in [1.82, 2.24) is 9.97 Å². The summed E-state index contributed by atoms with van der Waals surface area (Å²) in [5.41, 5.74) is 0. The van der Waals surface area contributed by atoms with Crippen molar-refractivity contribution in [3.63, 3.8) is 0 Å². The van der Waals surface area contributed by atoms with Crippen molar-refractivity contribution in [1.29, 1.82) is 0 Å². The van der Waals surface area contributed by atoms with Crippen molar-refractivity contribution >= 4 is 11.6 Å². The summed E-state index contributed by atoms with van der Waals surface area (Å²) < 4.78 is 0. The van der Waals surface area contributed by atoms with Crippen LogP contribution in [0.1, 0.15) is 40.0 Å². The molecule has 0 aliphatic rings. The van der Waals surface area contributed by atoms with E-state index in [1.165, 1.54) is 12.8 Å². The van der Waals surface area contributed by atoms with E-state index in [9.17, 15) is 0 Å². The molecule has 0 aromatic carbocycles. The maximum Gasteiger partial charge on any atom is 0.131 e. The van der Waals surface area contributed by atoms with Crippen LogP contribution in [0.4, 0.5) is 11.6 Å². The molecule has 1 aromatic heterocycles. The van der Waals surface area contributed by atoms with E-state index in [1.54, 1.807) is 6.33 Å². The average Bonchev–Trinajstić information content (AvgIpc) is 2.32. The monoisotopic (exact) mass is 236 g/mol. The molecule has 4 nitrogen and oxygen atoms in total. The zero-order valence-corrected chi connectivity index (χ0v) is 11.2. The summed E-state index contributed by atoms with van der Waals surface area (Å²) in [7, 11) is 0. The van der Waals surface area contributed by atoms with E-state index in [1.807, 2.05) is 6.07 Å². The molecular weight excluding hydrogens is 212 g/mol. The molecule has 96 valence electrons. The molecule has 0 fully saturated rings. The molecule has 0 saturated carbocycles. The van der Waals surface area contributed by atoms with E-state index in [2.05, 4.69) is 41.4 Å². The van der Waals surface area contributed by atoms with Gasteiger partial charge in [-0.25, -0.2) is 9.97 Å². The lowest BCUT2D eigenvalue weighted by atomic mass is 10.1. The summed E-state index contributed by atoms with van der Waals surface area (Å²) in [6.45, 7) is 8.56. The van der Waals surface area contributed by atoms with Crippen LogP contribution in [0, 0.1) is 5.92 Å². The Morgan fingerprint density at radius 1 is 1.12 bits per heavy atom. The van der Waals surface area contributed by atoms with Crippen LogP contribution in [-0.2, 0) is 0 Å². The number of nitrogens with zero attached hydrogens (tertiary/aromatic N) is 2. The highest BCUT2D eigenvalue weighted by Crippen LogP contribution is 2.09. The molecule has 0 bridgehead atoms. The molecule has 0 atom stereocenters. The van der Waals surface area contributed by atoms with Gasteiger partial charge in [0.25, 0.3) is 0 Å². The molecular formula is C13H24N4. The summed E-state index contributed by atoms with van der Waals surface area (Å²) >= 11 is 0. The standard InChI is InChI=1S/C13H24N4/c1-4-7-14-12-9-13(17-10-16-12)15-8-5-6-11(2)3/h9-11H,4-8H2,1-3H3,(H2,14,15,16,17). The fourth-order valence-corrected chi connectivity index (χ4v) is 1.53. The van der Waals surface area contributed by atoms with E-state index >= 15 is 0 Å². The Bertz CT molecular complexity index is 312. The molecule has 0 spiro atoms. The Kier molecular flexibility index (Phi) is 6.37. The van der Waals surface area contributed by atoms with Gasteiger partial charge in [0.05, 0.1) is 0 Å². The highest BCUT2D eigenvalue weighted by molar-refractivity contribution is 5.46.